The highest BCUT2D eigenvalue weighted by Crippen LogP contribution is 2.19. The lowest BCUT2D eigenvalue weighted by Crippen LogP contribution is -2.12. The molecule has 2 N–H and O–H groups in total. The normalized spacial score (nSPS) is 9.88. The molecule has 0 radical (unpaired) electrons. The Kier molecular flexibility index (Phi) is 3.35. The lowest BCUT2D eigenvalue weighted by Gasteiger charge is -2.05. The van der Waals surface area contributed by atoms with E-state index >= 15 is 0 Å². The first kappa shape index (κ1) is 11.1. The highest BCUT2D eigenvalue weighted by Gasteiger charge is 2.00. The van der Waals surface area contributed by atoms with Gasteiger partial charge in [0.2, 0.25) is 0 Å². The van der Waals surface area contributed by atoms with Gasteiger partial charge in [0.05, 0.1) is 0 Å². The van der Waals surface area contributed by atoms with Crippen LogP contribution in [-0.4, -0.2) is 11.1 Å². The molecule has 2 rings (SSSR count). The minimum absolute atomic E-state index is 0.189. The van der Waals surface area contributed by atoms with E-state index in [1.165, 1.54) is 0 Å². The number of pyridine rings is 1. The zero-order valence-corrected chi connectivity index (χ0v) is 9.17. The summed E-state index contributed by atoms with van der Waals surface area (Å²) < 4.78 is 4.75. The standard InChI is InChI=1S/C13H12N2O2/c14-13(16)17-9-10-2-1-3-12(8-10)11-4-6-15-7-5-11/h1-8H,9H2,(H2,14,16). The number of hydrogen-bond donors (Lipinski definition) is 1. The number of nitrogens with zero attached hydrogens (tertiary/aromatic N) is 1. The summed E-state index contributed by atoms with van der Waals surface area (Å²) in [7, 11) is 0. The molecule has 1 aromatic carbocycles. The van der Waals surface area contributed by atoms with Gasteiger partial charge < -0.3 is 10.5 Å². The summed E-state index contributed by atoms with van der Waals surface area (Å²) in [5, 5.41) is 0. The zero-order valence-electron chi connectivity index (χ0n) is 9.17. The Morgan fingerprint density at radius 3 is 2.65 bits per heavy atom. The van der Waals surface area contributed by atoms with E-state index in [0.717, 1.165) is 16.7 Å². The molecule has 0 saturated carbocycles. The molecule has 1 aromatic heterocycles. The van der Waals surface area contributed by atoms with Crippen molar-refractivity contribution in [2.45, 2.75) is 6.61 Å². The van der Waals surface area contributed by atoms with Crippen molar-refractivity contribution < 1.29 is 9.53 Å². The molecule has 0 aliphatic carbocycles. The van der Waals surface area contributed by atoms with Crippen molar-refractivity contribution in [1.82, 2.24) is 4.98 Å². The summed E-state index contributed by atoms with van der Waals surface area (Å²) >= 11 is 0. The Morgan fingerprint density at radius 2 is 1.94 bits per heavy atom. The van der Waals surface area contributed by atoms with Crippen molar-refractivity contribution >= 4 is 6.09 Å². The summed E-state index contributed by atoms with van der Waals surface area (Å²) in [5.74, 6) is 0. The number of aromatic nitrogens is 1. The van der Waals surface area contributed by atoms with E-state index in [-0.39, 0.29) is 6.61 Å². The first-order chi connectivity index (χ1) is 8.25. The number of primary amides is 1. The van der Waals surface area contributed by atoms with Gasteiger partial charge in [-0.3, -0.25) is 4.98 Å². The van der Waals surface area contributed by atoms with Crippen LogP contribution in [0.2, 0.25) is 0 Å². The van der Waals surface area contributed by atoms with Crippen LogP contribution in [0.4, 0.5) is 4.79 Å². The fraction of sp³-hybridized carbons (Fsp3) is 0.0769. The van der Waals surface area contributed by atoms with E-state index in [1.54, 1.807) is 12.4 Å². The van der Waals surface area contributed by atoms with E-state index in [2.05, 4.69) is 4.98 Å². The van der Waals surface area contributed by atoms with E-state index < -0.39 is 6.09 Å². The molecule has 0 aliphatic heterocycles. The summed E-state index contributed by atoms with van der Waals surface area (Å²) in [6.07, 6.45) is 2.71. The van der Waals surface area contributed by atoms with Crippen molar-refractivity contribution in [3.8, 4) is 11.1 Å². The monoisotopic (exact) mass is 228 g/mol. The Balaban J connectivity index is 2.20. The minimum Gasteiger partial charge on any atom is -0.445 e. The third kappa shape index (κ3) is 3.04. The van der Waals surface area contributed by atoms with E-state index in [4.69, 9.17) is 10.5 Å². The Bertz CT molecular complexity index is 512. The average Bonchev–Trinajstić information content (AvgIpc) is 2.38. The smallest absolute Gasteiger partial charge is 0.404 e. The second kappa shape index (κ2) is 5.12. The fourth-order valence-electron chi connectivity index (χ4n) is 1.54. The van der Waals surface area contributed by atoms with Crippen LogP contribution in [0.15, 0.2) is 48.8 Å². The van der Waals surface area contributed by atoms with Gasteiger partial charge in [-0.15, -0.1) is 0 Å². The SMILES string of the molecule is NC(=O)OCc1cccc(-c2ccncc2)c1. The number of rotatable bonds is 3. The molecule has 0 fully saturated rings. The third-order valence-corrected chi connectivity index (χ3v) is 2.32. The lowest BCUT2D eigenvalue weighted by molar-refractivity contribution is 0.150. The molecule has 4 heteroatoms. The molecule has 0 spiro atoms. The first-order valence-electron chi connectivity index (χ1n) is 5.17. The van der Waals surface area contributed by atoms with Crippen molar-refractivity contribution in [3.63, 3.8) is 0 Å². The third-order valence-electron chi connectivity index (χ3n) is 2.32. The van der Waals surface area contributed by atoms with E-state index in [0.29, 0.717) is 0 Å². The summed E-state index contributed by atoms with van der Waals surface area (Å²) in [6, 6.07) is 11.6. The molecule has 17 heavy (non-hydrogen) atoms. The number of nitrogens with two attached hydrogens (primary N) is 1. The largest absolute Gasteiger partial charge is 0.445 e. The molecular formula is C13H12N2O2. The molecule has 2 aromatic rings. The fourth-order valence-corrected chi connectivity index (χ4v) is 1.54. The topological polar surface area (TPSA) is 65.2 Å². The van der Waals surface area contributed by atoms with Gasteiger partial charge in [-0.25, -0.2) is 4.79 Å². The van der Waals surface area contributed by atoms with Crippen LogP contribution in [0.1, 0.15) is 5.56 Å². The van der Waals surface area contributed by atoms with Gasteiger partial charge in [-0.1, -0.05) is 18.2 Å². The van der Waals surface area contributed by atoms with Crippen LogP contribution in [-0.2, 0) is 11.3 Å². The number of carbonyl (C=O) groups excluding carboxylic acids is 1. The predicted octanol–water partition coefficient (Wildman–Crippen LogP) is 2.34. The summed E-state index contributed by atoms with van der Waals surface area (Å²) in [5.41, 5.74) is 7.95. The Labute approximate surface area is 99.1 Å². The van der Waals surface area contributed by atoms with Gasteiger partial charge >= 0.3 is 6.09 Å². The van der Waals surface area contributed by atoms with Gasteiger partial charge in [-0.05, 0) is 34.9 Å². The highest BCUT2D eigenvalue weighted by molar-refractivity contribution is 5.65. The van der Waals surface area contributed by atoms with Crippen LogP contribution in [0.25, 0.3) is 11.1 Å². The van der Waals surface area contributed by atoms with Crippen LogP contribution >= 0.6 is 0 Å². The van der Waals surface area contributed by atoms with Gasteiger partial charge in [0.15, 0.2) is 0 Å². The molecule has 0 saturated heterocycles. The Hall–Kier alpha value is -2.36. The van der Waals surface area contributed by atoms with E-state index in [1.807, 2.05) is 36.4 Å². The van der Waals surface area contributed by atoms with Gasteiger partial charge in [0.25, 0.3) is 0 Å². The zero-order chi connectivity index (χ0) is 12.1. The Morgan fingerprint density at radius 1 is 1.18 bits per heavy atom. The number of benzene rings is 1. The highest BCUT2D eigenvalue weighted by atomic mass is 16.5. The number of carbonyl (C=O) groups is 1. The summed E-state index contributed by atoms with van der Waals surface area (Å²) in [4.78, 5) is 14.5. The molecule has 0 atom stereocenters. The number of amides is 1. The molecule has 1 heterocycles. The average molecular weight is 228 g/mol. The summed E-state index contributed by atoms with van der Waals surface area (Å²) in [6.45, 7) is 0.189. The molecule has 0 unspecified atom stereocenters. The second-order valence-corrected chi connectivity index (χ2v) is 3.54. The number of hydrogen-bond acceptors (Lipinski definition) is 3. The van der Waals surface area contributed by atoms with Crippen molar-refractivity contribution in [2.75, 3.05) is 0 Å². The van der Waals surface area contributed by atoms with Crippen LogP contribution in [0, 0.1) is 0 Å². The van der Waals surface area contributed by atoms with E-state index in [9.17, 15) is 4.79 Å². The maximum Gasteiger partial charge on any atom is 0.404 e. The molecule has 1 amide bonds. The molecule has 0 bridgehead atoms. The van der Waals surface area contributed by atoms with Crippen molar-refractivity contribution in [3.05, 3.63) is 54.4 Å². The molecule has 0 aliphatic rings. The van der Waals surface area contributed by atoms with Gasteiger partial charge in [0.1, 0.15) is 6.61 Å². The minimum atomic E-state index is -0.765. The molecular weight excluding hydrogens is 216 g/mol. The first-order valence-corrected chi connectivity index (χ1v) is 5.17. The van der Waals surface area contributed by atoms with Gasteiger partial charge in [0, 0.05) is 12.4 Å². The molecule has 86 valence electrons. The molecule has 4 nitrogen and oxygen atoms in total. The second-order valence-electron chi connectivity index (χ2n) is 3.54. The van der Waals surface area contributed by atoms with Crippen LogP contribution < -0.4 is 5.73 Å². The quantitative estimate of drug-likeness (QED) is 0.876. The van der Waals surface area contributed by atoms with Crippen molar-refractivity contribution in [1.29, 1.82) is 0 Å². The number of ether oxygens (including phenoxy) is 1. The van der Waals surface area contributed by atoms with Crippen LogP contribution in [0.5, 0.6) is 0 Å². The van der Waals surface area contributed by atoms with Crippen molar-refractivity contribution in [2.24, 2.45) is 5.73 Å². The maximum absolute atomic E-state index is 10.5. The van der Waals surface area contributed by atoms with Gasteiger partial charge in [-0.2, -0.15) is 0 Å². The predicted molar refractivity (Wildman–Crippen MR) is 64.0 cm³/mol. The van der Waals surface area contributed by atoms with Crippen LogP contribution in [0.3, 0.4) is 0 Å². The maximum atomic E-state index is 10.5. The lowest BCUT2D eigenvalue weighted by atomic mass is 10.0.